The van der Waals surface area contributed by atoms with Crippen LogP contribution in [0.5, 0.6) is 0 Å². The van der Waals surface area contributed by atoms with Gasteiger partial charge in [-0.25, -0.2) is 13.2 Å². The Bertz CT molecular complexity index is 225. The predicted octanol–water partition coefficient (Wildman–Crippen LogP) is 0.712. The van der Waals surface area contributed by atoms with Crippen LogP contribution in [0.1, 0.15) is 26.7 Å². The standard InChI is InChI=1S/C6H14N2O2S/c1-4-6(5-2)7-8-11(3,9)10/h8H,4-5H2,1-3H3. The molecule has 0 aliphatic carbocycles. The Kier molecular flexibility index (Phi) is 4.10. The molecule has 0 unspecified atom stereocenters. The minimum absolute atomic E-state index is 0.777. The fourth-order valence-electron chi connectivity index (χ4n) is 0.556. The van der Waals surface area contributed by atoms with Crippen molar-refractivity contribution in [3.8, 4) is 0 Å². The molecule has 0 heterocycles. The summed E-state index contributed by atoms with van der Waals surface area (Å²) in [5.41, 5.74) is 0.857. The maximum absolute atomic E-state index is 10.5. The normalized spacial score (nSPS) is 10.8. The van der Waals surface area contributed by atoms with Gasteiger partial charge in [-0.15, -0.1) is 0 Å². The highest BCUT2D eigenvalue weighted by Gasteiger charge is 1.97. The molecule has 0 fully saturated rings. The molecular weight excluding hydrogens is 164 g/mol. The van der Waals surface area contributed by atoms with Crippen LogP contribution in [0.15, 0.2) is 5.10 Å². The van der Waals surface area contributed by atoms with Crippen molar-refractivity contribution in [2.75, 3.05) is 6.26 Å². The van der Waals surface area contributed by atoms with Gasteiger partial charge >= 0.3 is 0 Å². The Morgan fingerprint density at radius 2 is 1.82 bits per heavy atom. The van der Waals surface area contributed by atoms with Crippen LogP contribution in [-0.2, 0) is 10.0 Å². The van der Waals surface area contributed by atoms with Gasteiger partial charge in [0.25, 0.3) is 0 Å². The van der Waals surface area contributed by atoms with Crippen molar-refractivity contribution in [2.45, 2.75) is 26.7 Å². The van der Waals surface area contributed by atoms with E-state index in [1.165, 1.54) is 0 Å². The summed E-state index contributed by atoms with van der Waals surface area (Å²) in [6.07, 6.45) is 2.64. The van der Waals surface area contributed by atoms with Gasteiger partial charge in [0.05, 0.1) is 6.26 Å². The smallest absolute Gasteiger partial charge is 0.206 e. The lowest BCUT2D eigenvalue weighted by Crippen LogP contribution is -2.17. The summed E-state index contributed by atoms with van der Waals surface area (Å²) in [7, 11) is -3.18. The zero-order valence-electron chi connectivity index (χ0n) is 7.09. The second-order valence-electron chi connectivity index (χ2n) is 2.25. The molecular formula is C6H14N2O2S. The van der Waals surface area contributed by atoms with Crippen LogP contribution in [0.3, 0.4) is 0 Å². The zero-order valence-corrected chi connectivity index (χ0v) is 7.90. The molecule has 5 heteroatoms. The SMILES string of the molecule is CCC(CC)=NNS(C)(=O)=O. The van der Waals surface area contributed by atoms with Crippen molar-refractivity contribution in [2.24, 2.45) is 5.10 Å². The largest absolute Gasteiger partial charge is 0.244 e. The first kappa shape index (κ1) is 10.4. The first-order valence-electron chi connectivity index (χ1n) is 3.51. The Labute approximate surface area is 67.7 Å². The minimum Gasteiger partial charge on any atom is -0.206 e. The third kappa shape index (κ3) is 5.84. The average molecular weight is 178 g/mol. The van der Waals surface area contributed by atoms with Crippen molar-refractivity contribution in [3.63, 3.8) is 0 Å². The summed E-state index contributed by atoms with van der Waals surface area (Å²) >= 11 is 0. The lowest BCUT2D eigenvalue weighted by Gasteiger charge is -1.99. The third-order valence-corrected chi connectivity index (χ3v) is 1.61. The van der Waals surface area contributed by atoms with Crippen molar-refractivity contribution in [1.29, 1.82) is 0 Å². The summed E-state index contributed by atoms with van der Waals surface area (Å²) in [5.74, 6) is 0. The number of sulfonamides is 1. The van der Waals surface area contributed by atoms with Gasteiger partial charge in [-0.1, -0.05) is 13.8 Å². The fourth-order valence-corrected chi connectivity index (χ4v) is 0.850. The summed E-state index contributed by atoms with van der Waals surface area (Å²) in [6, 6.07) is 0. The van der Waals surface area contributed by atoms with E-state index < -0.39 is 10.0 Å². The van der Waals surface area contributed by atoms with Crippen molar-refractivity contribution < 1.29 is 8.42 Å². The maximum atomic E-state index is 10.5. The van der Waals surface area contributed by atoms with Crippen molar-refractivity contribution in [3.05, 3.63) is 0 Å². The van der Waals surface area contributed by atoms with E-state index in [0.717, 1.165) is 24.8 Å². The highest BCUT2D eigenvalue weighted by molar-refractivity contribution is 7.88. The van der Waals surface area contributed by atoms with E-state index in [9.17, 15) is 8.42 Å². The molecule has 0 amide bonds. The number of hydrogen-bond donors (Lipinski definition) is 1. The molecule has 0 atom stereocenters. The highest BCUT2D eigenvalue weighted by Crippen LogP contribution is 1.90. The maximum Gasteiger partial charge on any atom is 0.244 e. The Hall–Kier alpha value is -0.580. The van der Waals surface area contributed by atoms with E-state index in [0.29, 0.717) is 0 Å². The molecule has 0 saturated heterocycles. The van der Waals surface area contributed by atoms with Crippen LogP contribution in [-0.4, -0.2) is 20.4 Å². The highest BCUT2D eigenvalue weighted by atomic mass is 32.2. The molecule has 4 nitrogen and oxygen atoms in total. The molecule has 0 aliphatic rings. The monoisotopic (exact) mass is 178 g/mol. The quantitative estimate of drug-likeness (QED) is 0.509. The van der Waals surface area contributed by atoms with Crippen molar-refractivity contribution in [1.82, 2.24) is 4.83 Å². The summed E-state index contributed by atoms with van der Waals surface area (Å²) < 4.78 is 21.1. The van der Waals surface area contributed by atoms with Gasteiger partial charge in [0.2, 0.25) is 10.0 Å². The summed E-state index contributed by atoms with van der Waals surface area (Å²) in [5, 5.41) is 3.71. The summed E-state index contributed by atoms with van der Waals surface area (Å²) in [4.78, 5) is 2.08. The van der Waals surface area contributed by atoms with E-state index in [1.54, 1.807) is 0 Å². The molecule has 0 aromatic heterocycles. The topological polar surface area (TPSA) is 58.5 Å². The Morgan fingerprint density at radius 1 is 1.36 bits per heavy atom. The van der Waals surface area contributed by atoms with Gasteiger partial charge in [0.15, 0.2) is 0 Å². The Morgan fingerprint density at radius 3 is 2.09 bits per heavy atom. The minimum atomic E-state index is -3.18. The van der Waals surface area contributed by atoms with Gasteiger partial charge < -0.3 is 0 Å². The van der Waals surface area contributed by atoms with Crippen LogP contribution in [0.25, 0.3) is 0 Å². The average Bonchev–Trinajstić information content (AvgIpc) is 1.88. The lowest BCUT2D eigenvalue weighted by molar-refractivity contribution is 0.590. The summed E-state index contributed by atoms with van der Waals surface area (Å²) in [6.45, 7) is 3.87. The second-order valence-corrected chi connectivity index (χ2v) is 3.98. The molecule has 66 valence electrons. The molecule has 0 aromatic rings. The van der Waals surface area contributed by atoms with Crippen LogP contribution in [0, 0.1) is 0 Å². The van der Waals surface area contributed by atoms with E-state index in [4.69, 9.17) is 0 Å². The van der Waals surface area contributed by atoms with E-state index in [2.05, 4.69) is 9.93 Å². The van der Waals surface area contributed by atoms with Crippen LogP contribution < -0.4 is 4.83 Å². The van der Waals surface area contributed by atoms with Crippen LogP contribution in [0.2, 0.25) is 0 Å². The van der Waals surface area contributed by atoms with Gasteiger partial charge in [-0.3, -0.25) is 0 Å². The number of rotatable bonds is 4. The first-order valence-corrected chi connectivity index (χ1v) is 5.41. The second kappa shape index (κ2) is 4.33. The fraction of sp³-hybridized carbons (Fsp3) is 0.833. The molecule has 1 N–H and O–H groups in total. The molecule has 0 bridgehead atoms. The molecule has 0 saturated carbocycles. The van der Waals surface area contributed by atoms with Crippen LogP contribution in [0.4, 0.5) is 0 Å². The van der Waals surface area contributed by atoms with E-state index >= 15 is 0 Å². The molecule has 0 rings (SSSR count). The van der Waals surface area contributed by atoms with Gasteiger partial charge in [-0.05, 0) is 12.8 Å². The first-order chi connectivity index (χ1) is 4.99. The van der Waals surface area contributed by atoms with Gasteiger partial charge in [0, 0.05) is 5.71 Å². The van der Waals surface area contributed by atoms with E-state index in [-0.39, 0.29) is 0 Å². The molecule has 0 aromatic carbocycles. The Balaban J connectivity index is 4.11. The zero-order chi connectivity index (χ0) is 8.91. The lowest BCUT2D eigenvalue weighted by atomic mass is 10.2. The van der Waals surface area contributed by atoms with Gasteiger partial charge in [0.1, 0.15) is 0 Å². The number of nitrogens with one attached hydrogen (secondary N) is 1. The predicted molar refractivity (Wildman–Crippen MR) is 46.0 cm³/mol. The number of nitrogens with zero attached hydrogens (tertiary/aromatic N) is 1. The van der Waals surface area contributed by atoms with Crippen molar-refractivity contribution >= 4 is 15.7 Å². The van der Waals surface area contributed by atoms with Gasteiger partial charge in [-0.2, -0.15) is 5.10 Å². The number of hydrazone groups is 1. The molecule has 0 aliphatic heterocycles. The van der Waals surface area contributed by atoms with Crippen LogP contribution >= 0.6 is 0 Å². The molecule has 0 radical (unpaired) electrons. The third-order valence-electron chi connectivity index (χ3n) is 1.19. The number of hydrogen-bond acceptors (Lipinski definition) is 3. The molecule has 0 spiro atoms. The van der Waals surface area contributed by atoms with E-state index in [1.807, 2.05) is 13.8 Å². The molecule has 11 heavy (non-hydrogen) atoms.